The molecule has 178 valence electrons. The first-order chi connectivity index (χ1) is 16.7. The molecule has 2 amide bonds. The van der Waals surface area contributed by atoms with Crippen LogP contribution < -0.4 is 0 Å². The van der Waals surface area contributed by atoms with Gasteiger partial charge in [0.05, 0.1) is 31.0 Å². The van der Waals surface area contributed by atoms with Crippen LogP contribution in [0.5, 0.6) is 0 Å². The Balaban J connectivity index is 1.18. The van der Waals surface area contributed by atoms with Crippen molar-refractivity contribution in [2.75, 3.05) is 59.0 Å². The Kier molecular flexibility index (Phi) is 7.13. The lowest BCUT2D eigenvalue weighted by Crippen LogP contribution is -2.53. The average Bonchev–Trinajstić information content (AvgIpc) is 3.31. The minimum atomic E-state index is 0.0263. The molecule has 2 aromatic heterocycles. The molecule has 4 heterocycles. The molecule has 0 spiro atoms. The normalized spacial score (nSPS) is 17.3. The van der Waals surface area contributed by atoms with Gasteiger partial charge in [-0.1, -0.05) is 18.2 Å². The van der Waals surface area contributed by atoms with E-state index in [-0.39, 0.29) is 11.8 Å². The van der Waals surface area contributed by atoms with E-state index < -0.39 is 0 Å². The first-order valence-corrected chi connectivity index (χ1v) is 12.7. The summed E-state index contributed by atoms with van der Waals surface area (Å²) in [5.74, 6) is 0.853. The summed E-state index contributed by atoms with van der Waals surface area (Å²) in [5, 5.41) is 0. The lowest BCUT2D eigenvalue weighted by Gasteiger charge is -2.36. The van der Waals surface area contributed by atoms with Gasteiger partial charge >= 0.3 is 0 Å². The van der Waals surface area contributed by atoms with E-state index in [0.29, 0.717) is 57.3 Å². The molecule has 8 nitrogen and oxygen atoms in total. The SMILES string of the molecule is O=C(CN1CCOCC1)N1CCN(C(=O)c2ccccc2SCc2cn3ccccc3n2)CC1. The van der Waals surface area contributed by atoms with Crippen LogP contribution in [0.3, 0.4) is 0 Å². The fourth-order valence-electron chi connectivity index (χ4n) is 4.36. The van der Waals surface area contributed by atoms with Crippen LogP contribution in [-0.2, 0) is 15.3 Å². The molecule has 0 unspecified atom stereocenters. The highest BCUT2D eigenvalue weighted by molar-refractivity contribution is 7.98. The molecule has 2 aliphatic heterocycles. The molecule has 2 saturated heterocycles. The quantitative estimate of drug-likeness (QED) is 0.505. The number of rotatable bonds is 6. The van der Waals surface area contributed by atoms with Crippen LogP contribution in [0.25, 0.3) is 5.65 Å². The highest BCUT2D eigenvalue weighted by Crippen LogP contribution is 2.27. The second-order valence-corrected chi connectivity index (χ2v) is 9.56. The number of amides is 2. The Morgan fingerprint density at radius 2 is 1.65 bits per heavy atom. The van der Waals surface area contributed by atoms with Crippen LogP contribution in [0.2, 0.25) is 0 Å². The minimum Gasteiger partial charge on any atom is -0.379 e. The van der Waals surface area contributed by atoms with E-state index in [0.717, 1.165) is 29.3 Å². The maximum absolute atomic E-state index is 13.3. The molecule has 0 aliphatic carbocycles. The number of aromatic nitrogens is 2. The molecule has 0 saturated carbocycles. The number of morpholine rings is 1. The Labute approximate surface area is 203 Å². The van der Waals surface area contributed by atoms with Gasteiger partial charge in [0, 0.05) is 62.3 Å². The molecule has 1 aromatic carbocycles. The van der Waals surface area contributed by atoms with E-state index in [1.54, 1.807) is 11.8 Å². The van der Waals surface area contributed by atoms with Gasteiger partial charge in [0.2, 0.25) is 5.91 Å². The molecular formula is C25H29N5O3S. The number of nitrogens with zero attached hydrogens (tertiary/aromatic N) is 5. The van der Waals surface area contributed by atoms with Gasteiger partial charge in [-0.05, 0) is 24.3 Å². The second-order valence-electron chi connectivity index (χ2n) is 8.54. The van der Waals surface area contributed by atoms with Crippen molar-refractivity contribution in [2.24, 2.45) is 0 Å². The van der Waals surface area contributed by atoms with E-state index in [1.807, 2.05) is 69.1 Å². The summed E-state index contributed by atoms with van der Waals surface area (Å²) in [4.78, 5) is 37.5. The van der Waals surface area contributed by atoms with E-state index in [4.69, 9.17) is 4.74 Å². The summed E-state index contributed by atoms with van der Waals surface area (Å²) in [6.45, 7) is 5.66. The number of carbonyl (C=O) groups excluding carboxylic acids is 2. The van der Waals surface area contributed by atoms with Crippen molar-refractivity contribution in [3.63, 3.8) is 0 Å². The molecule has 5 rings (SSSR count). The summed E-state index contributed by atoms with van der Waals surface area (Å²) in [6.07, 6.45) is 4.01. The van der Waals surface area contributed by atoms with Crippen molar-refractivity contribution in [3.05, 3.63) is 66.1 Å². The maximum Gasteiger partial charge on any atom is 0.255 e. The van der Waals surface area contributed by atoms with Crippen LogP contribution in [0.15, 0.2) is 59.8 Å². The molecule has 3 aromatic rings. The summed E-state index contributed by atoms with van der Waals surface area (Å²) >= 11 is 1.63. The van der Waals surface area contributed by atoms with Crippen LogP contribution in [0, 0.1) is 0 Å². The number of pyridine rings is 1. The monoisotopic (exact) mass is 479 g/mol. The zero-order chi connectivity index (χ0) is 23.3. The van der Waals surface area contributed by atoms with Gasteiger partial charge < -0.3 is 18.9 Å². The molecule has 2 aliphatic rings. The highest BCUT2D eigenvalue weighted by Gasteiger charge is 2.27. The van der Waals surface area contributed by atoms with Gasteiger partial charge in [0.1, 0.15) is 5.65 Å². The summed E-state index contributed by atoms with van der Waals surface area (Å²) in [7, 11) is 0. The molecule has 0 bridgehead atoms. The van der Waals surface area contributed by atoms with Gasteiger partial charge in [-0.25, -0.2) is 4.98 Å². The molecule has 9 heteroatoms. The van der Waals surface area contributed by atoms with Gasteiger partial charge in [-0.3, -0.25) is 14.5 Å². The smallest absolute Gasteiger partial charge is 0.255 e. The van der Waals surface area contributed by atoms with Gasteiger partial charge in [-0.15, -0.1) is 11.8 Å². The van der Waals surface area contributed by atoms with Crippen molar-refractivity contribution in [1.82, 2.24) is 24.1 Å². The number of hydrogen-bond donors (Lipinski definition) is 0. The Morgan fingerprint density at radius 3 is 2.44 bits per heavy atom. The number of carbonyl (C=O) groups is 2. The number of piperazine rings is 1. The number of thioether (sulfide) groups is 1. The lowest BCUT2D eigenvalue weighted by atomic mass is 10.1. The predicted octanol–water partition coefficient (Wildman–Crippen LogP) is 2.24. The van der Waals surface area contributed by atoms with Crippen LogP contribution in [-0.4, -0.2) is 94.9 Å². The second kappa shape index (κ2) is 10.6. The molecule has 0 N–H and O–H groups in total. The minimum absolute atomic E-state index is 0.0263. The van der Waals surface area contributed by atoms with E-state index in [1.165, 1.54) is 0 Å². The summed E-state index contributed by atoms with van der Waals surface area (Å²) < 4.78 is 7.36. The van der Waals surface area contributed by atoms with Crippen LogP contribution >= 0.6 is 11.8 Å². The molecule has 34 heavy (non-hydrogen) atoms. The molecule has 0 radical (unpaired) electrons. The molecule has 0 atom stereocenters. The number of fused-ring (bicyclic) bond motifs is 1. The van der Waals surface area contributed by atoms with Gasteiger partial charge in [0.25, 0.3) is 5.91 Å². The van der Waals surface area contributed by atoms with Crippen molar-refractivity contribution in [1.29, 1.82) is 0 Å². The largest absolute Gasteiger partial charge is 0.379 e. The number of benzene rings is 1. The van der Waals surface area contributed by atoms with E-state index >= 15 is 0 Å². The highest BCUT2D eigenvalue weighted by atomic mass is 32.2. The zero-order valence-corrected chi connectivity index (χ0v) is 20.0. The van der Waals surface area contributed by atoms with E-state index in [9.17, 15) is 9.59 Å². The van der Waals surface area contributed by atoms with E-state index in [2.05, 4.69) is 9.88 Å². The Bertz CT molecular complexity index is 1120. The fraction of sp³-hybridized carbons (Fsp3) is 0.400. The van der Waals surface area contributed by atoms with Crippen molar-refractivity contribution in [3.8, 4) is 0 Å². The van der Waals surface area contributed by atoms with Crippen molar-refractivity contribution >= 4 is 29.2 Å². The third kappa shape index (κ3) is 5.27. The van der Waals surface area contributed by atoms with Crippen molar-refractivity contribution in [2.45, 2.75) is 10.6 Å². The topological polar surface area (TPSA) is 70.4 Å². The first-order valence-electron chi connectivity index (χ1n) is 11.7. The zero-order valence-electron chi connectivity index (χ0n) is 19.1. The third-order valence-electron chi connectivity index (χ3n) is 6.29. The van der Waals surface area contributed by atoms with Crippen molar-refractivity contribution < 1.29 is 14.3 Å². The van der Waals surface area contributed by atoms with Crippen LogP contribution in [0.1, 0.15) is 16.1 Å². The number of ether oxygens (including phenoxy) is 1. The number of hydrogen-bond acceptors (Lipinski definition) is 6. The van der Waals surface area contributed by atoms with Gasteiger partial charge in [-0.2, -0.15) is 0 Å². The average molecular weight is 480 g/mol. The lowest BCUT2D eigenvalue weighted by molar-refractivity contribution is -0.134. The number of imidazole rings is 1. The van der Waals surface area contributed by atoms with Crippen LogP contribution in [0.4, 0.5) is 0 Å². The maximum atomic E-state index is 13.3. The van der Waals surface area contributed by atoms with Gasteiger partial charge in [0.15, 0.2) is 0 Å². The Morgan fingerprint density at radius 1 is 0.912 bits per heavy atom. The fourth-order valence-corrected chi connectivity index (χ4v) is 5.29. The molecule has 2 fully saturated rings. The summed E-state index contributed by atoms with van der Waals surface area (Å²) in [5.41, 5.74) is 2.61. The summed E-state index contributed by atoms with van der Waals surface area (Å²) in [6, 6.07) is 13.7. The Hall–Kier alpha value is -2.88. The predicted molar refractivity (Wildman–Crippen MR) is 131 cm³/mol. The standard InChI is InChI=1S/C25H29N5O3S/c31-24(18-27-13-15-33-16-14-27)28-9-11-29(12-10-28)25(32)21-5-1-2-6-22(21)34-19-20-17-30-8-4-3-7-23(30)26-20/h1-8,17H,9-16,18-19H2. The third-order valence-corrected chi connectivity index (χ3v) is 7.40. The molecular weight excluding hydrogens is 450 g/mol. The first kappa shape index (κ1) is 22.9.